The maximum Gasteiger partial charge on any atom is 0.255 e. The number of rotatable bonds is 2. The van der Waals surface area contributed by atoms with Crippen molar-refractivity contribution in [1.29, 1.82) is 0 Å². The minimum Gasteiger partial charge on any atom is -0.507 e. The fraction of sp³-hybridized carbons (Fsp3) is 0.350. The summed E-state index contributed by atoms with van der Waals surface area (Å²) in [6, 6.07) is 6.01. The predicted octanol–water partition coefficient (Wildman–Crippen LogP) is -0.256. The summed E-state index contributed by atoms with van der Waals surface area (Å²) in [5.41, 5.74) is 9.65. The third-order valence-corrected chi connectivity index (χ3v) is 6.09. The molecule has 28 heavy (non-hydrogen) atoms. The quantitative estimate of drug-likeness (QED) is 0.405. The molecule has 0 aliphatic heterocycles. The van der Waals surface area contributed by atoms with Crippen LogP contribution in [0.5, 0.6) is 0 Å². The number of aliphatic hydroxyl groups excluding tert-OH is 1. The Morgan fingerprint density at radius 3 is 2.57 bits per heavy atom. The zero-order chi connectivity index (χ0) is 20.4. The molecule has 1 saturated carbocycles. The smallest absolute Gasteiger partial charge is 0.255 e. The van der Waals surface area contributed by atoms with Crippen molar-refractivity contribution < 1.29 is 29.3 Å². The van der Waals surface area contributed by atoms with E-state index in [0.717, 1.165) is 5.56 Å². The van der Waals surface area contributed by atoms with E-state index in [-0.39, 0.29) is 23.5 Å². The predicted molar refractivity (Wildman–Crippen MR) is 97.5 cm³/mol. The number of nitrogens with two attached hydrogens (primary N) is 2. The number of hydrogen-bond donors (Lipinski definition) is 4. The van der Waals surface area contributed by atoms with Gasteiger partial charge in [-0.2, -0.15) is 0 Å². The molecular weight excluding hydrogens is 364 g/mol. The topological polar surface area (TPSA) is 153 Å². The Kier molecular flexibility index (Phi) is 3.95. The van der Waals surface area contributed by atoms with Crippen molar-refractivity contribution in [2.75, 3.05) is 7.11 Å². The number of benzene rings is 1. The fourth-order valence-corrected chi connectivity index (χ4v) is 4.78. The molecule has 4 rings (SSSR count). The number of carbonyl (C=O) groups is 3. The van der Waals surface area contributed by atoms with Gasteiger partial charge in [0.25, 0.3) is 5.91 Å². The van der Waals surface area contributed by atoms with Gasteiger partial charge in [0, 0.05) is 17.1 Å². The number of primary amides is 1. The standard InChI is InChI=1S/C20H20N2O6/c1-28-16-13(19(22)26)18(25)20(27)11(14(16)21)7-9-6-8-4-2-3-5-10(8)15(23)12(9)17(20)24/h2-5,9,11,14,23,27H,6-7,21H2,1H3,(H2,22,26)/t9-,11-,14-,20-/m0/s1. The lowest BCUT2D eigenvalue weighted by Gasteiger charge is -2.48. The van der Waals surface area contributed by atoms with Crippen molar-refractivity contribution in [3.05, 3.63) is 52.3 Å². The van der Waals surface area contributed by atoms with E-state index in [2.05, 4.69) is 0 Å². The molecule has 6 N–H and O–H groups in total. The van der Waals surface area contributed by atoms with Gasteiger partial charge in [-0.25, -0.2) is 0 Å². The Morgan fingerprint density at radius 1 is 1.25 bits per heavy atom. The highest BCUT2D eigenvalue weighted by molar-refractivity contribution is 6.32. The Balaban J connectivity index is 1.92. The van der Waals surface area contributed by atoms with Crippen LogP contribution in [0.2, 0.25) is 0 Å². The normalized spacial score (nSPS) is 31.9. The molecule has 3 aliphatic carbocycles. The number of ketones is 2. The van der Waals surface area contributed by atoms with E-state index in [4.69, 9.17) is 16.2 Å². The van der Waals surface area contributed by atoms with Crippen LogP contribution >= 0.6 is 0 Å². The van der Waals surface area contributed by atoms with Gasteiger partial charge in [0.05, 0.1) is 13.2 Å². The highest BCUT2D eigenvalue weighted by atomic mass is 16.5. The van der Waals surface area contributed by atoms with Crippen molar-refractivity contribution in [2.24, 2.45) is 23.3 Å². The van der Waals surface area contributed by atoms with Gasteiger partial charge in [0.1, 0.15) is 17.1 Å². The zero-order valence-corrected chi connectivity index (χ0v) is 15.1. The van der Waals surface area contributed by atoms with Crippen molar-refractivity contribution in [2.45, 2.75) is 24.5 Å². The lowest BCUT2D eigenvalue weighted by atomic mass is 9.57. The molecule has 0 bridgehead atoms. The summed E-state index contributed by atoms with van der Waals surface area (Å²) in [6.07, 6.45) is 0.630. The minimum atomic E-state index is -2.57. The third-order valence-electron chi connectivity index (χ3n) is 6.09. The summed E-state index contributed by atoms with van der Waals surface area (Å²) < 4.78 is 5.14. The highest BCUT2D eigenvalue weighted by Gasteiger charge is 2.64. The lowest BCUT2D eigenvalue weighted by molar-refractivity contribution is -0.159. The number of ether oxygens (including phenoxy) is 1. The van der Waals surface area contributed by atoms with Crippen molar-refractivity contribution in [3.8, 4) is 0 Å². The van der Waals surface area contributed by atoms with Crippen LogP contribution in [0, 0.1) is 11.8 Å². The average molecular weight is 384 g/mol. The monoisotopic (exact) mass is 384 g/mol. The maximum absolute atomic E-state index is 13.3. The number of carbonyl (C=O) groups excluding carboxylic acids is 3. The zero-order valence-electron chi connectivity index (χ0n) is 15.1. The van der Waals surface area contributed by atoms with Crippen LogP contribution < -0.4 is 11.5 Å². The van der Waals surface area contributed by atoms with Crippen LogP contribution in [-0.2, 0) is 25.5 Å². The Bertz CT molecular complexity index is 994. The molecule has 0 saturated heterocycles. The summed E-state index contributed by atoms with van der Waals surface area (Å²) in [6.45, 7) is 0. The molecule has 1 aromatic rings. The van der Waals surface area contributed by atoms with Crippen LogP contribution in [0.3, 0.4) is 0 Å². The van der Waals surface area contributed by atoms with Crippen LogP contribution in [0.4, 0.5) is 0 Å². The van der Waals surface area contributed by atoms with Crippen LogP contribution in [0.15, 0.2) is 41.2 Å². The van der Waals surface area contributed by atoms with Gasteiger partial charge in [-0.1, -0.05) is 24.3 Å². The number of fused-ring (bicyclic) bond motifs is 3. The summed E-state index contributed by atoms with van der Waals surface area (Å²) in [7, 11) is 1.24. The number of hydrogen-bond acceptors (Lipinski definition) is 7. The molecule has 1 aromatic carbocycles. The SMILES string of the molecule is COC1=C(C(N)=O)C(=O)[C@@]2(O)C(=O)C3=C(O)c4ccccc4C[C@H]3C[C@H]2[C@@H]1N. The molecule has 0 aromatic heterocycles. The van der Waals surface area contributed by atoms with E-state index >= 15 is 0 Å². The second-order valence-electron chi connectivity index (χ2n) is 7.42. The van der Waals surface area contributed by atoms with Crippen molar-refractivity contribution >= 4 is 23.2 Å². The molecule has 1 fully saturated rings. The second kappa shape index (κ2) is 6.02. The molecule has 146 valence electrons. The third kappa shape index (κ3) is 2.15. The second-order valence-corrected chi connectivity index (χ2v) is 7.42. The molecule has 8 heteroatoms. The van der Waals surface area contributed by atoms with Gasteiger partial charge in [0.2, 0.25) is 11.6 Å². The van der Waals surface area contributed by atoms with E-state index in [1.165, 1.54) is 7.11 Å². The Hall–Kier alpha value is -2.97. The maximum atomic E-state index is 13.3. The van der Waals surface area contributed by atoms with E-state index in [1.807, 2.05) is 12.1 Å². The molecule has 4 atom stereocenters. The molecular formula is C20H20N2O6. The summed E-state index contributed by atoms with van der Waals surface area (Å²) in [5.74, 6) is -5.01. The van der Waals surface area contributed by atoms with Gasteiger partial charge in [-0.15, -0.1) is 0 Å². The minimum absolute atomic E-state index is 0.0114. The number of Topliss-reactive ketones (excluding diaryl/α,β-unsaturated/α-hetero) is 2. The highest BCUT2D eigenvalue weighted by Crippen LogP contribution is 2.49. The number of amides is 1. The fourth-order valence-electron chi connectivity index (χ4n) is 4.78. The summed E-state index contributed by atoms with van der Waals surface area (Å²) >= 11 is 0. The Labute approximate surface area is 160 Å². The summed E-state index contributed by atoms with van der Waals surface area (Å²) in [5, 5.41) is 21.9. The molecule has 3 aliphatic rings. The van der Waals surface area contributed by atoms with Crippen LogP contribution in [0.1, 0.15) is 17.5 Å². The van der Waals surface area contributed by atoms with Gasteiger partial charge in [0.15, 0.2) is 5.60 Å². The average Bonchev–Trinajstić information content (AvgIpc) is 2.66. The van der Waals surface area contributed by atoms with E-state index in [0.29, 0.717) is 12.0 Å². The molecule has 0 unspecified atom stereocenters. The lowest BCUT2D eigenvalue weighted by Crippen LogP contribution is -2.66. The summed E-state index contributed by atoms with van der Waals surface area (Å²) in [4.78, 5) is 38.1. The van der Waals surface area contributed by atoms with E-state index in [9.17, 15) is 24.6 Å². The van der Waals surface area contributed by atoms with Gasteiger partial charge in [-0.05, 0) is 24.3 Å². The first-order chi connectivity index (χ1) is 13.2. The Morgan fingerprint density at radius 2 is 1.93 bits per heavy atom. The molecule has 0 spiro atoms. The number of methoxy groups -OCH3 is 1. The van der Waals surface area contributed by atoms with Gasteiger partial charge in [-0.3, -0.25) is 14.4 Å². The molecule has 0 radical (unpaired) electrons. The molecule has 0 heterocycles. The van der Waals surface area contributed by atoms with Crippen LogP contribution in [-0.4, -0.2) is 46.4 Å². The van der Waals surface area contributed by atoms with Gasteiger partial charge >= 0.3 is 0 Å². The first kappa shape index (κ1) is 18.4. The first-order valence-corrected chi connectivity index (χ1v) is 8.90. The molecule has 1 amide bonds. The van der Waals surface area contributed by atoms with Crippen molar-refractivity contribution in [1.82, 2.24) is 0 Å². The largest absolute Gasteiger partial charge is 0.507 e. The first-order valence-electron chi connectivity index (χ1n) is 8.90. The van der Waals surface area contributed by atoms with E-state index in [1.54, 1.807) is 12.1 Å². The number of aliphatic hydroxyl groups is 2. The van der Waals surface area contributed by atoms with Gasteiger partial charge < -0.3 is 26.4 Å². The van der Waals surface area contributed by atoms with E-state index < -0.39 is 46.5 Å². The van der Waals surface area contributed by atoms with Crippen molar-refractivity contribution in [3.63, 3.8) is 0 Å². The molecule has 8 nitrogen and oxygen atoms in total. The van der Waals surface area contributed by atoms with Crippen LogP contribution in [0.25, 0.3) is 5.76 Å².